The van der Waals surface area contributed by atoms with Gasteiger partial charge in [0, 0.05) is 22.8 Å². The number of carbonyl (C=O) groups excluding carboxylic acids is 1. The average molecular weight is 405 g/mol. The highest BCUT2D eigenvalue weighted by molar-refractivity contribution is 5.89. The fraction of sp³-hybridized carbons (Fsp3) is 0.333. The van der Waals surface area contributed by atoms with Crippen LogP contribution in [0.3, 0.4) is 0 Å². The molecule has 1 N–H and O–H groups in total. The number of anilines is 1. The molecule has 0 unspecified atom stereocenters. The van der Waals surface area contributed by atoms with Gasteiger partial charge in [0.2, 0.25) is 0 Å². The van der Waals surface area contributed by atoms with Crippen LogP contribution in [0.2, 0.25) is 0 Å². The lowest BCUT2D eigenvalue weighted by molar-refractivity contribution is 0.0636. The monoisotopic (exact) mass is 405 g/mol. The van der Waals surface area contributed by atoms with E-state index >= 15 is 0 Å². The van der Waals surface area contributed by atoms with E-state index in [1.807, 2.05) is 57.2 Å². The standard InChI is InChI=1S/C24H24FN3O2/c1-24(2,3)30-23(29)27-18-9-7-15(8-10-18)21-12-16-11-20(25)17(14-26)13-22(16)28(21)19-5-4-6-19/h7-13,19H,4-6H2,1-3H3,(H,27,29). The number of hydrogen-bond donors (Lipinski definition) is 1. The van der Waals surface area contributed by atoms with Crippen LogP contribution in [0.1, 0.15) is 51.6 Å². The summed E-state index contributed by atoms with van der Waals surface area (Å²) in [5.41, 5.74) is 2.95. The van der Waals surface area contributed by atoms with Gasteiger partial charge >= 0.3 is 6.09 Å². The third-order valence-corrected chi connectivity index (χ3v) is 5.31. The number of benzene rings is 2. The number of rotatable bonds is 3. The molecule has 0 radical (unpaired) electrons. The van der Waals surface area contributed by atoms with Crippen molar-refractivity contribution in [2.45, 2.75) is 51.7 Å². The molecule has 1 amide bonds. The number of carbonyl (C=O) groups is 1. The quantitative estimate of drug-likeness (QED) is 0.549. The van der Waals surface area contributed by atoms with Crippen molar-refractivity contribution in [2.24, 2.45) is 0 Å². The number of nitrogens with zero attached hydrogens (tertiary/aromatic N) is 2. The molecule has 5 nitrogen and oxygen atoms in total. The molecule has 30 heavy (non-hydrogen) atoms. The Labute approximate surface area is 175 Å². The van der Waals surface area contributed by atoms with Gasteiger partial charge in [-0.15, -0.1) is 0 Å². The fourth-order valence-corrected chi connectivity index (χ4v) is 3.74. The third-order valence-electron chi connectivity index (χ3n) is 5.31. The topological polar surface area (TPSA) is 67.0 Å². The van der Waals surface area contributed by atoms with Crippen LogP contribution in [-0.2, 0) is 4.74 Å². The first-order chi connectivity index (χ1) is 14.2. The minimum absolute atomic E-state index is 0.0598. The molecule has 6 heteroatoms. The number of ether oxygens (including phenoxy) is 1. The van der Waals surface area contributed by atoms with Crippen molar-refractivity contribution >= 4 is 22.7 Å². The summed E-state index contributed by atoms with van der Waals surface area (Å²) in [4.78, 5) is 12.0. The Morgan fingerprint density at radius 1 is 1.20 bits per heavy atom. The Hall–Kier alpha value is -3.33. The minimum Gasteiger partial charge on any atom is -0.444 e. The Morgan fingerprint density at radius 2 is 1.90 bits per heavy atom. The van der Waals surface area contributed by atoms with Crippen LogP contribution in [0.4, 0.5) is 14.9 Å². The number of nitrogens with one attached hydrogen (secondary N) is 1. The van der Waals surface area contributed by atoms with Crippen LogP contribution in [0.15, 0.2) is 42.5 Å². The van der Waals surface area contributed by atoms with Crippen LogP contribution in [0.25, 0.3) is 22.2 Å². The van der Waals surface area contributed by atoms with Crippen molar-refractivity contribution in [2.75, 3.05) is 5.32 Å². The molecule has 1 aromatic heterocycles. The van der Waals surface area contributed by atoms with Crippen LogP contribution in [0.5, 0.6) is 0 Å². The van der Waals surface area contributed by atoms with E-state index < -0.39 is 17.5 Å². The maximum absolute atomic E-state index is 14.2. The van der Waals surface area contributed by atoms with Gasteiger partial charge in [-0.25, -0.2) is 9.18 Å². The maximum Gasteiger partial charge on any atom is 0.412 e. The van der Waals surface area contributed by atoms with E-state index in [0.29, 0.717) is 11.7 Å². The maximum atomic E-state index is 14.2. The van der Waals surface area contributed by atoms with E-state index in [4.69, 9.17) is 4.74 Å². The van der Waals surface area contributed by atoms with Gasteiger partial charge in [0.25, 0.3) is 0 Å². The largest absolute Gasteiger partial charge is 0.444 e. The number of nitriles is 1. The van der Waals surface area contributed by atoms with Crippen LogP contribution in [-0.4, -0.2) is 16.3 Å². The fourth-order valence-electron chi connectivity index (χ4n) is 3.74. The smallest absolute Gasteiger partial charge is 0.412 e. The molecule has 4 rings (SSSR count). The van der Waals surface area contributed by atoms with Gasteiger partial charge < -0.3 is 9.30 Å². The molecule has 0 bridgehead atoms. The van der Waals surface area contributed by atoms with E-state index in [9.17, 15) is 14.4 Å². The number of aromatic nitrogens is 1. The Bertz CT molecular complexity index is 1150. The molecule has 0 aliphatic heterocycles. The lowest BCUT2D eigenvalue weighted by Crippen LogP contribution is -2.27. The summed E-state index contributed by atoms with van der Waals surface area (Å²) >= 11 is 0. The summed E-state index contributed by atoms with van der Waals surface area (Å²) in [5, 5.41) is 12.7. The second-order valence-corrected chi connectivity index (χ2v) is 8.69. The van der Waals surface area contributed by atoms with Crippen molar-refractivity contribution in [3.63, 3.8) is 0 Å². The summed E-state index contributed by atoms with van der Waals surface area (Å²) in [5.74, 6) is -0.501. The van der Waals surface area contributed by atoms with Gasteiger partial charge in [-0.1, -0.05) is 12.1 Å². The SMILES string of the molecule is CC(C)(C)OC(=O)Nc1ccc(-c2cc3cc(F)c(C#N)cc3n2C2CCC2)cc1. The lowest BCUT2D eigenvalue weighted by Gasteiger charge is -2.30. The van der Waals surface area contributed by atoms with E-state index in [1.165, 1.54) is 6.07 Å². The zero-order valence-electron chi connectivity index (χ0n) is 17.3. The third kappa shape index (κ3) is 3.88. The number of hydrogen-bond acceptors (Lipinski definition) is 3. The average Bonchev–Trinajstić information content (AvgIpc) is 2.96. The second kappa shape index (κ2) is 7.49. The number of fused-ring (bicyclic) bond motifs is 1. The lowest BCUT2D eigenvalue weighted by atomic mass is 9.92. The van der Waals surface area contributed by atoms with E-state index in [-0.39, 0.29) is 5.56 Å². The molecule has 2 aromatic carbocycles. The number of halogens is 1. The zero-order chi connectivity index (χ0) is 21.5. The van der Waals surface area contributed by atoms with Gasteiger partial charge in [0.15, 0.2) is 0 Å². The molecule has 0 spiro atoms. The molecular weight excluding hydrogens is 381 g/mol. The summed E-state index contributed by atoms with van der Waals surface area (Å²) in [7, 11) is 0. The zero-order valence-corrected chi connectivity index (χ0v) is 17.3. The van der Waals surface area contributed by atoms with E-state index in [2.05, 4.69) is 9.88 Å². The molecule has 1 aliphatic carbocycles. The summed E-state index contributed by atoms with van der Waals surface area (Å²) in [6.07, 6.45) is 2.79. The van der Waals surface area contributed by atoms with Gasteiger partial charge in [0.05, 0.1) is 11.1 Å². The molecule has 1 heterocycles. The minimum atomic E-state index is -0.564. The molecule has 1 fully saturated rings. The predicted molar refractivity (Wildman–Crippen MR) is 115 cm³/mol. The van der Waals surface area contributed by atoms with Gasteiger partial charge in [-0.2, -0.15) is 5.26 Å². The van der Waals surface area contributed by atoms with Crippen LogP contribution in [0, 0.1) is 17.1 Å². The van der Waals surface area contributed by atoms with Crippen molar-refractivity contribution < 1.29 is 13.9 Å². The second-order valence-electron chi connectivity index (χ2n) is 8.69. The summed E-state index contributed by atoms with van der Waals surface area (Å²) in [6, 6.07) is 14.8. The van der Waals surface area contributed by atoms with Gasteiger partial charge in [-0.3, -0.25) is 5.32 Å². The van der Waals surface area contributed by atoms with Gasteiger partial charge in [-0.05, 0) is 75.9 Å². The Kier molecular flexibility index (Phi) is 4.98. The van der Waals surface area contributed by atoms with Crippen LogP contribution < -0.4 is 5.32 Å². The molecule has 3 aromatic rings. The van der Waals surface area contributed by atoms with Crippen LogP contribution >= 0.6 is 0 Å². The normalized spacial score (nSPS) is 14.2. The molecule has 0 atom stereocenters. The first-order valence-corrected chi connectivity index (χ1v) is 10.1. The predicted octanol–water partition coefficient (Wildman–Crippen LogP) is 6.39. The van der Waals surface area contributed by atoms with E-state index in [1.54, 1.807) is 6.07 Å². The highest BCUT2D eigenvalue weighted by Crippen LogP contribution is 2.40. The first-order valence-electron chi connectivity index (χ1n) is 10.1. The summed E-state index contributed by atoms with van der Waals surface area (Å²) in [6.45, 7) is 5.44. The highest BCUT2D eigenvalue weighted by Gasteiger charge is 2.25. The number of amides is 1. The summed E-state index contributed by atoms with van der Waals surface area (Å²) < 4.78 is 21.7. The first kappa shape index (κ1) is 20.0. The Morgan fingerprint density at radius 3 is 2.47 bits per heavy atom. The van der Waals surface area contributed by atoms with Crippen molar-refractivity contribution in [1.29, 1.82) is 5.26 Å². The van der Waals surface area contributed by atoms with Gasteiger partial charge in [0.1, 0.15) is 17.5 Å². The highest BCUT2D eigenvalue weighted by atomic mass is 19.1. The molecular formula is C24H24FN3O2. The molecule has 1 saturated carbocycles. The molecule has 154 valence electrons. The van der Waals surface area contributed by atoms with Crippen molar-refractivity contribution in [1.82, 2.24) is 4.57 Å². The van der Waals surface area contributed by atoms with Crippen molar-refractivity contribution in [3.8, 4) is 17.3 Å². The Balaban J connectivity index is 1.69. The molecule has 1 aliphatic rings. The molecule has 0 saturated heterocycles. The van der Waals surface area contributed by atoms with E-state index in [0.717, 1.165) is 41.4 Å². The van der Waals surface area contributed by atoms with Crippen molar-refractivity contribution in [3.05, 3.63) is 53.8 Å².